The Hall–Kier alpha value is -2.56. The maximum absolute atomic E-state index is 13.1. The van der Waals surface area contributed by atoms with Crippen LogP contribution in [0.25, 0.3) is 0 Å². The molecule has 1 fully saturated rings. The highest BCUT2D eigenvalue weighted by Crippen LogP contribution is 2.24. The minimum atomic E-state index is 0.0386. The fourth-order valence-electron chi connectivity index (χ4n) is 3.42. The molecule has 1 amide bonds. The third-order valence-electron chi connectivity index (χ3n) is 4.83. The maximum atomic E-state index is 13.1. The topological polar surface area (TPSA) is 39.7 Å². The minimum Gasteiger partial charge on any atom is -0.369 e. The second-order valence-corrected chi connectivity index (χ2v) is 6.76. The zero-order valence-corrected chi connectivity index (χ0v) is 15.2. The lowest BCUT2D eigenvalue weighted by Gasteiger charge is -2.39. The molecule has 0 unspecified atom stereocenters. The Kier molecular flexibility index (Phi) is 5.22. The fraction of sp³-hybridized carbons (Fsp3) is 0.400. The van der Waals surface area contributed by atoms with Gasteiger partial charge in [0.2, 0.25) is 0 Å². The van der Waals surface area contributed by atoms with E-state index in [9.17, 15) is 4.79 Å². The second-order valence-electron chi connectivity index (χ2n) is 6.76. The normalized spacial score (nSPS) is 17.2. The van der Waals surface area contributed by atoms with E-state index in [1.807, 2.05) is 49.1 Å². The Morgan fingerprint density at radius 1 is 1.12 bits per heavy atom. The number of hydrogen-bond acceptors (Lipinski definition) is 4. The molecule has 132 valence electrons. The Bertz CT molecular complexity index is 717. The minimum absolute atomic E-state index is 0.0386. The number of nitrogens with zero attached hydrogens (tertiary/aromatic N) is 4. The number of piperidine rings is 1. The summed E-state index contributed by atoms with van der Waals surface area (Å²) in [4.78, 5) is 23.6. The molecule has 5 heteroatoms. The van der Waals surface area contributed by atoms with Gasteiger partial charge in [0.05, 0.1) is 5.56 Å². The van der Waals surface area contributed by atoms with E-state index in [1.165, 1.54) is 5.69 Å². The highest BCUT2D eigenvalue weighted by atomic mass is 16.2. The van der Waals surface area contributed by atoms with Crippen LogP contribution in [0.1, 0.15) is 23.2 Å². The molecule has 0 bridgehead atoms. The van der Waals surface area contributed by atoms with E-state index in [0.29, 0.717) is 5.56 Å². The van der Waals surface area contributed by atoms with Crippen molar-refractivity contribution < 1.29 is 4.79 Å². The molecular weight excluding hydrogens is 312 g/mol. The first-order valence-corrected chi connectivity index (χ1v) is 8.77. The summed E-state index contributed by atoms with van der Waals surface area (Å²) in [6.45, 7) is 1.90. The number of benzene rings is 1. The number of aromatic nitrogens is 1. The van der Waals surface area contributed by atoms with Gasteiger partial charge in [-0.05, 0) is 37.1 Å². The maximum Gasteiger partial charge on any atom is 0.257 e. The summed E-state index contributed by atoms with van der Waals surface area (Å²) in [6.07, 6.45) is 3.84. The van der Waals surface area contributed by atoms with Crippen molar-refractivity contribution in [1.29, 1.82) is 0 Å². The van der Waals surface area contributed by atoms with Crippen molar-refractivity contribution in [2.45, 2.75) is 18.9 Å². The predicted octanol–water partition coefficient (Wildman–Crippen LogP) is 2.89. The zero-order chi connectivity index (χ0) is 17.8. The van der Waals surface area contributed by atoms with Crippen LogP contribution in [0, 0.1) is 0 Å². The van der Waals surface area contributed by atoms with Gasteiger partial charge in [-0.1, -0.05) is 18.2 Å². The molecule has 0 aliphatic carbocycles. The van der Waals surface area contributed by atoms with Crippen LogP contribution in [0.15, 0.2) is 48.7 Å². The van der Waals surface area contributed by atoms with Gasteiger partial charge in [-0.2, -0.15) is 0 Å². The van der Waals surface area contributed by atoms with E-state index in [-0.39, 0.29) is 11.9 Å². The first kappa shape index (κ1) is 17.3. The smallest absolute Gasteiger partial charge is 0.257 e. The van der Waals surface area contributed by atoms with E-state index in [2.05, 4.69) is 34.1 Å². The van der Waals surface area contributed by atoms with Crippen molar-refractivity contribution in [2.24, 2.45) is 0 Å². The number of pyridine rings is 1. The number of carbonyl (C=O) groups excluding carboxylic acids is 1. The molecule has 1 aliphatic heterocycles. The highest BCUT2D eigenvalue weighted by molar-refractivity contribution is 5.98. The van der Waals surface area contributed by atoms with Gasteiger partial charge < -0.3 is 14.7 Å². The van der Waals surface area contributed by atoms with Crippen molar-refractivity contribution in [2.75, 3.05) is 44.0 Å². The van der Waals surface area contributed by atoms with Crippen molar-refractivity contribution in [3.63, 3.8) is 0 Å². The molecule has 25 heavy (non-hydrogen) atoms. The Morgan fingerprint density at radius 2 is 1.88 bits per heavy atom. The van der Waals surface area contributed by atoms with Gasteiger partial charge in [-0.25, -0.2) is 4.98 Å². The lowest BCUT2D eigenvalue weighted by molar-refractivity contribution is 0.0718. The number of rotatable bonds is 4. The van der Waals surface area contributed by atoms with Crippen molar-refractivity contribution in [3.8, 4) is 0 Å². The molecule has 1 aromatic carbocycles. The summed E-state index contributed by atoms with van der Waals surface area (Å²) in [5.41, 5.74) is 1.88. The van der Waals surface area contributed by atoms with Gasteiger partial charge in [0, 0.05) is 52.2 Å². The number of para-hydroxylation sites is 1. The molecule has 1 saturated heterocycles. The quantitative estimate of drug-likeness (QED) is 0.859. The summed E-state index contributed by atoms with van der Waals surface area (Å²) >= 11 is 0. The number of amides is 1. The van der Waals surface area contributed by atoms with E-state index < -0.39 is 0 Å². The van der Waals surface area contributed by atoms with Crippen LogP contribution >= 0.6 is 0 Å². The van der Waals surface area contributed by atoms with E-state index in [4.69, 9.17) is 0 Å². The van der Waals surface area contributed by atoms with Crippen LogP contribution in [0.3, 0.4) is 0 Å². The molecule has 0 N–H and O–H groups in total. The molecular formula is C20H26N4O. The third kappa shape index (κ3) is 3.76. The van der Waals surface area contributed by atoms with Crippen LogP contribution in [-0.4, -0.2) is 56.1 Å². The Balaban J connectivity index is 1.76. The van der Waals surface area contributed by atoms with Gasteiger partial charge >= 0.3 is 0 Å². The summed E-state index contributed by atoms with van der Waals surface area (Å²) in [5.74, 6) is 0.756. The zero-order valence-electron chi connectivity index (χ0n) is 15.2. The molecule has 5 nitrogen and oxygen atoms in total. The first-order chi connectivity index (χ1) is 12.1. The van der Waals surface area contributed by atoms with E-state index >= 15 is 0 Å². The van der Waals surface area contributed by atoms with Crippen LogP contribution < -0.4 is 9.80 Å². The number of carbonyl (C=O) groups is 1. The number of anilines is 2. The third-order valence-corrected chi connectivity index (χ3v) is 4.83. The van der Waals surface area contributed by atoms with Crippen LogP contribution in [0.4, 0.5) is 11.5 Å². The molecule has 3 rings (SSSR count). The van der Waals surface area contributed by atoms with Crippen molar-refractivity contribution in [1.82, 2.24) is 9.88 Å². The standard InChI is InChI=1S/C20H26N4O/c1-22(2)19-18(12-7-13-21-19)20(25)23(3)17-11-8-14-24(15-17)16-9-5-4-6-10-16/h4-7,9-10,12-13,17H,8,11,14-15H2,1-3H3/t17-/m0/s1. The van der Waals surface area contributed by atoms with Gasteiger partial charge in [-0.15, -0.1) is 0 Å². The lowest BCUT2D eigenvalue weighted by Crippen LogP contribution is -2.48. The Labute approximate surface area is 149 Å². The van der Waals surface area contributed by atoms with Crippen LogP contribution in [0.5, 0.6) is 0 Å². The molecule has 1 atom stereocenters. The monoisotopic (exact) mass is 338 g/mol. The molecule has 2 heterocycles. The number of hydrogen-bond donors (Lipinski definition) is 0. The molecule has 0 radical (unpaired) electrons. The van der Waals surface area contributed by atoms with E-state index in [1.54, 1.807) is 6.20 Å². The SMILES string of the molecule is CN(C)c1ncccc1C(=O)N(C)[C@H]1CCCN(c2ccccc2)C1. The van der Waals surface area contributed by atoms with Gasteiger partial charge in [0.15, 0.2) is 0 Å². The molecule has 0 spiro atoms. The first-order valence-electron chi connectivity index (χ1n) is 8.77. The van der Waals surface area contributed by atoms with Crippen LogP contribution in [0.2, 0.25) is 0 Å². The molecule has 0 saturated carbocycles. The summed E-state index contributed by atoms with van der Waals surface area (Å²) < 4.78 is 0. The van der Waals surface area contributed by atoms with Crippen molar-refractivity contribution >= 4 is 17.4 Å². The molecule has 1 aliphatic rings. The van der Waals surface area contributed by atoms with Gasteiger partial charge in [-0.3, -0.25) is 4.79 Å². The van der Waals surface area contributed by atoms with Gasteiger partial charge in [0.1, 0.15) is 5.82 Å². The largest absolute Gasteiger partial charge is 0.369 e. The highest BCUT2D eigenvalue weighted by Gasteiger charge is 2.28. The summed E-state index contributed by atoms with van der Waals surface area (Å²) in [6, 6.07) is 14.3. The van der Waals surface area contributed by atoms with Gasteiger partial charge in [0.25, 0.3) is 5.91 Å². The number of likely N-dealkylation sites (N-methyl/N-ethyl adjacent to an activating group) is 1. The molecule has 1 aromatic heterocycles. The summed E-state index contributed by atoms with van der Waals surface area (Å²) in [5, 5.41) is 0. The second kappa shape index (κ2) is 7.55. The average Bonchev–Trinajstić information content (AvgIpc) is 2.67. The fourth-order valence-corrected chi connectivity index (χ4v) is 3.42. The van der Waals surface area contributed by atoms with Crippen LogP contribution in [-0.2, 0) is 0 Å². The van der Waals surface area contributed by atoms with E-state index in [0.717, 1.165) is 31.7 Å². The summed E-state index contributed by atoms with van der Waals surface area (Å²) in [7, 11) is 5.74. The Morgan fingerprint density at radius 3 is 2.60 bits per heavy atom. The van der Waals surface area contributed by atoms with Crippen molar-refractivity contribution in [3.05, 3.63) is 54.2 Å². The molecule has 2 aromatic rings. The average molecular weight is 338 g/mol. The predicted molar refractivity (Wildman–Crippen MR) is 102 cm³/mol. The lowest BCUT2D eigenvalue weighted by atomic mass is 10.0.